The molecule has 2 aromatic heterocycles. The van der Waals surface area contributed by atoms with E-state index in [2.05, 4.69) is 11.1 Å². The standard InChI is InChI=1S/C17H15NO3/c1-17(2)8-6-10-13(21-17)5-4-12-14(10)15(19-3)11-7-9-20-16(11)18-12/h4-9H,1-3H3. The first-order chi connectivity index (χ1) is 10.1. The highest BCUT2D eigenvalue weighted by atomic mass is 16.5. The summed E-state index contributed by atoms with van der Waals surface area (Å²) in [4.78, 5) is 4.55. The third-order valence-corrected chi connectivity index (χ3v) is 3.75. The second-order valence-corrected chi connectivity index (χ2v) is 5.69. The van der Waals surface area contributed by atoms with Gasteiger partial charge in [-0.15, -0.1) is 0 Å². The van der Waals surface area contributed by atoms with Gasteiger partial charge in [-0.1, -0.05) is 6.08 Å². The van der Waals surface area contributed by atoms with Gasteiger partial charge in [-0.25, -0.2) is 4.98 Å². The molecule has 21 heavy (non-hydrogen) atoms. The van der Waals surface area contributed by atoms with Crippen molar-refractivity contribution < 1.29 is 13.9 Å². The van der Waals surface area contributed by atoms with Crippen LogP contribution in [0, 0.1) is 0 Å². The van der Waals surface area contributed by atoms with Crippen molar-refractivity contribution in [1.29, 1.82) is 0 Å². The molecule has 0 saturated heterocycles. The Morgan fingerprint density at radius 3 is 2.86 bits per heavy atom. The average molecular weight is 281 g/mol. The number of nitrogens with zero attached hydrogens (tertiary/aromatic N) is 1. The SMILES string of the molecule is COc1c2ccoc2nc2ccc3c(c12)C=CC(C)(C)O3. The van der Waals surface area contributed by atoms with Gasteiger partial charge in [-0.3, -0.25) is 0 Å². The molecule has 4 heteroatoms. The van der Waals surface area contributed by atoms with Crippen LogP contribution in [-0.2, 0) is 0 Å². The fraction of sp³-hybridized carbons (Fsp3) is 0.235. The minimum Gasteiger partial charge on any atom is -0.495 e. The maximum absolute atomic E-state index is 6.03. The summed E-state index contributed by atoms with van der Waals surface area (Å²) in [5, 5.41) is 1.83. The quantitative estimate of drug-likeness (QED) is 0.671. The van der Waals surface area contributed by atoms with E-state index in [1.54, 1.807) is 13.4 Å². The maximum atomic E-state index is 6.03. The van der Waals surface area contributed by atoms with Crippen LogP contribution < -0.4 is 9.47 Å². The Labute approximate surface area is 122 Å². The summed E-state index contributed by atoms with van der Waals surface area (Å²) in [6, 6.07) is 5.76. The molecule has 1 aromatic carbocycles. The van der Waals surface area contributed by atoms with Gasteiger partial charge in [0, 0.05) is 5.56 Å². The molecule has 0 N–H and O–H groups in total. The van der Waals surface area contributed by atoms with Gasteiger partial charge in [-0.05, 0) is 38.1 Å². The van der Waals surface area contributed by atoms with E-state index in [0.29, 0.717) is 5.71 Å². The molecule has 0 amide bonds. The topological polar surface area (TPSA) is 44.5 Å². The van der Waals surface area contributed by atoms with E-state index < -0.39 is 0 Å². The van der Waals surface area contributed by atoms with Crippen LogP contribution in [-0.4, -0.2) is 17.7 Å². The molecule has 0 saturated carbocycles. The van der Waals surface area contributed by atoms with E-state index in [9.17, 15) is 0 Å². The third kappa shape index (κ3) is 1.72. The van der Waals surface area contributed by atoms with Crippen molar-refractivity contribution in [3.8, 4) is 11.5 Å². The Bertz CT molecular complexity index is 890. The second kappa shape index (κ2) is 4.01. The maximum Gasteiger partial charge on any atom is 0.230 e. The molecule has 3 heterocycles. The van der Waals surface area contributed by atoms with Crippen LogP contribution in [0.25, 0.3) is 28.1 Å². The van der Waals surface area contributed by atoms with Gasteiger partial charge >= 0.3 is 0 Å². The summed E-state index contributed by atoms with van der Waals surface area (Å²) in [5.74, 6) is 1.62. The molecule has 3 aromatic rings. The zero-order valence-electron chi connectivity index (χ0n) is 12.1. The monoisotopic (exact) mass is 281 g/mol. The molecule has 0 fully saturated rings. The number of hydrogen-bond donors (Lipinski definition) is 0. The third-order valence-electron chi connectivity index (χ3n) is 3.75. The number of benzene rings is 1. The Hall–Kier alpha value is -2.49. The number of rotatable bonds is 1. The van der Waals surface area contributed by atoms with Crippen molar-refractivity contribution in [3.05, 3.63) is 36.1 Å². The lowest BCUT2D eigenvalue weighted by atomic mass is 9.98. The van der Waals surface area contributed by atoms with E-state index in [0.717, 1.165) is 33.4 Å². The Balaban J connectivity index is 2.14. The molecule has 4 nitrogen and oxygen atoms in total. The minimum absolute atomic E-state index is 0.304. The van der Waals surface area contributed by atoms with Crippen molar-refractivity contribution in [2.75, 3.05) is 7.11 Å². The zero-order valence-corrected chi connectivity index (χ0v) is 12.1. The van der Waals surface area contributed by atoms with E-state index in [1.165, 1.54) is 0 Å². The van der Waals surface area contributed by atoms with Gasteiger partial charge < -0.3 is 13.9 Å². The van der Waals surface area contributed by atoms with Crippen LogP contribution in [0.15, 0.2) is 35.0 Å². The largest absolute Gasteiger partial charge is 0.495 e. The second-order valence-electron chi connectivity index (χ2n) is 5.69. The molecule has 0 spiro atoms. The van der Waals surface area contributed by atoms with Crippen molar-refractivity contribution in [2.24, 2.45) is 0 Å². The van der Waals surface area contributed by atoms with Crippen LogP contribution in [0.2, 0.25) is 0 Å². The lowest BCUT2D eigenvalue weighted by Crippen LogP contribution is -2.27. The lowest BCUT2D eigenvalue weighted by molar-refractivity contribution is 0.159. The highest BCUT2D eigenvalue weighted by Gasteiger charge is 2.25. The summed E-state index contributed by atoms with van der Waals surface area (Å²) >= 11 is 0. The summed E-state index contributed by atoms with van der Waals surface area (Å²) in [5.41, 5.74) is 2.11. The number of pyridine rings is 1. The molecule has 0 atom stereocenters. The first kappa shape index (κ1) is 12.3. The number of furan rings is 1. The zero-order chi connectivity index (χ0) is 14.6. The molecule has 0 bridgehead atoms. The van der Waals surface area contributed by atoms with Gasteiger partial charge in [0.25, 0.3) is 0 Å². The number of methoxy groups -OCH3 is 1. The summed E-state index contributed by atoms with van der Waals surface area (Å²) in [6.45, 7) is 4.07. The number of hydrogen-bond acceptors (Lipinski definition) is 4. The molecule has 0 radical (unpaired) electrons. The summed E-state index contributed by atoms with van der Waals surface area (Å²) in [6.07, 6.45) is 5.76. The predicted molar refractivity (Wildman–Crippen MR) is 81.8 cm³/mol. The Morgan fingerprint density at radius 2 is 2.05 bits per heavy atom. The van der Waals surface area contributed by atoms with Gasteiger partial charge in [-0.2, -0.15) is 0 Å². The molecule has 4 rings (SSSR count). The van der Waals surface area contributed by atoms with Crippen LogP contribution >= 0.6 is 0 Å². The van der Waals surface area contributed by atoms with Gasteiger partial charge in [0.15, 0.2) is 0 Å². The van der Waals surface area contributed by atoms with Crippen LogP contribution in [0.5, 0.6) is 11.5 Å². The first-order valence-corrected chi connectivity index (χ1v) is 6.85. The highest BCUT2D eigenvalue weighted by Crippen LogP contribution is 2.42. The normalized spacial score (nSPS) is 16.0. The molecule has 1 aliphatic heterocycles. The molecule has 0 aliphatic carbocycles. The first-order valence-electron chi connectivity index (χ1n) is 6.85. The summed E-state index contributed by atoms with van der Waals surface area (Å²) < 4.78 is 17.1. The van der Waals surface area contributed by atoms with Crippen LogP contribution in [0.1, 0.15) is 19.4 Å². The van der Waals surface area contributed by atoms with Crippen molar-refractivity contribution in [2.45, 2.75) is 19.4 Å². The molecule has 106 valence electrons. The van der Waals surface area contributed by atoms with Gasteiger partial charge in [0.2, 0.25) is 5.71 Å². The highest BCUT2D eigenvalue weighted by molar-refractivity contribution is 6.04. The fourth-order valence-electron chi connectivity index (χ4n) is 2.79. The average Bonchev–Trinajstić information content (AvgIpc) is 2.91. The van der Waals surface area contributed by atoms with E-state index >= 15 is 0 Å². The number of ether oxygens (including phenoxy) is 2. The molecular formula is C17H15NO3. The molecule has 0 unspecified atom stereocenters. The smallest absolute Gasteiger partial charge is 0.230 e. The van der Waals surface area contributed by atoms with Crippen LogP contribution in [0.3, 0.4) is 0 Å². The van der Waals surface area contributed by atoms with E-state index in [4.69, 9.17) is 13.9 Å². The van der Waals surface area contributed by atoms with Crippen LogP contribution in [0.4, 0.5) is 0 Å². The molecular weight excluding hydrogens is 266 g/mol. The van der Waals surface area contributed by atoms with Crippen molar-refractivity contribution in [1.82, 2.24) is 4.98 Å². The number of fused-ring (bicyclic) bond motifs is 4. The van der Waals surface area contributed by atoms with E-state index in [1.807, 2.05) is 38.1 Å². The summed E-state index contributed by atoms with van der Waals surface area (Å²) in [7, 11) is 1.66. The predicted octanol–water partition coefficient (Wildman–Crippen LogP) is 4.17. The van der Waals surface area contributed by atoms with Crippen molar-refractivity contribution >= 4 is 28.1 Å². The Kier molecular flexibility index (Phi) is 2.34. The molecule has 1 aliphatic rings. The van der Waals surface area contributed by atoms with Gasteiger partial charge in [0.1, 0.15) is 17.1 Å². The van der Waals surface area contributed by atoms with Crippen molar-refractivity contribution in [3.63, 3.8) is 0 Å². The lowest BCUT2D eigenvalue weighted by Gasteiger charge is -2.28. The Morgan fingerprint density at radius 1 is 1.19 bits per heavy atom. The fourth-order valence-corrected chi connectivity index (χ4v) is 2.79. The van der Waals surface area contributed by atoms with Gasteiger partial charge in [0.05, 0.1) is 29.7 Å². The number of aromatic nitrogens is 1. The van der Waals surface area contributed by atoms with E-state index in [-0.39, 0.29) is 5.60 Å². The minimum atomic E-state index is -0.304.